The van der Waals surface area contributed by atoms with Gasteiger partial charge < -0.3 is 20.0 Å². The molecule has 154 valence electrons. The maximum atomic E-state index is 12.7. The van der Waals surface area contributed by atoms with Crippen molar-refractivity contribution in [3.05, 3.63) is 0 Å². The Balaban J connectivity index is 0. The van der Waals surface area contributed by atoms with E-state index in [2.05, 4.69) is 5.32 Å². The van der Waals surface area contributed by atoms with Crippen LogP contribution in [0.25, 0.3) is 0 Å². The van der Waals surface area contributed by atoms with E-state index in [1.807, 2.05) is 6.92 Å². The van der Waals surface area contributed by atoms with Gasteiger partial charge in [-0.3, -0.25) is 0 Å². The van der Waals surface area contributed by atoms with E-state index >= 15 is 0 Å². The Labute approximate surface area is 143 Å². The van der Waals surface area contributed by atoms with Gasteiger partial charge in [-0.15, -0.1) is 0 Å². The molecule has 12 heteroatoms. The smallest absolute Gasteiger partial charge is 0.308 e. The predicted octanol–water partition coefficient (Wildman–Crippen LogP) is 4.28. The molecule has 0 amide bonds. The van der Waals surface area contributed by atoms with E-state index in [-0.39, 0.29) is 6.42 Å². The molecule has 0 aromatic carbocycles. The van der Waals surface area contributed by atoms with Gasteiger partial charge in [0.15, 0.2) is 0 Å². The molecule has 0 aliphatic rings. The fourth-order valence-electron chi connectivity index (χ4n) is 2.51. The first-order chi connectivity index (χ1) is 10.9. The molecule has 0 aliphatic heterocycles. The number of halogens is 6. The molecular formula is C13H26F6NO4P. The third-order valence-corrected chi connectivity index (χ3v) is 2.93. The summed E-state index contributed by atoms with van der Waals surface area (Å²) in [4.78, 5) is 21.6. The van der Waals surface area contributed by atoms with Gasteiger partial charge in [0.25, 0.3) is 0 Å². The van der Waals surface area contributed by atoms with Crippen molar-refractivity contribution in [3.63, 3.8) is 0 Å². The second kappa shape index (κ2) is 10.7. The first-order valence-electron chi connectivity index (χ1n) is 7.58. The summed E-state index contributed by atoms with van der Waals surface area (Å²) in [6.07, 6.45) is -10.6. The van der Waals surface area contributed by atoms with Gasteiger partial charge >= 0.3 is 20.2 Å². The zero-order valence-electron chi connectivity index (χ0n) is 14.3. The molecule has 0 atom stereocenters. The molecule has 0 heterocycles. The van der Waals surface area contributed by atoms with Crippen molar-refractivity contribution in [1.82, 2.24) is 5.32 Å². The number of hydrogen-bond donors (Lipinski definition) is 4. The highest BCUT2D eigenvalue weighted by molar-refractivity contribution is 7.45. The van der Waals surface area contributed by atoms with Crippen LogP contribution < -0.4 is 5.32 Å². The second-order valence-electron chi connectivity index (χ2n) is 6.13. The summed E-state index contributed by atoms with van der Waals surface area (Å²) in [6, 6.07) is -0.443. The van der Waals surface area contributed by atoms with Crippen LogP contribution in [0.2, 0.25) is 0 Å². The normalized spacial score (nSPS) is 13.6. The lowest BCUT2D eigenvalue weighted by atomic mass is 9.84. The van der Waals surface area contributed by atoms with Gasteiger partial charge in [-0.25, -0.2) is 4.57 Å². The predicted molar refractivity (Wildman–Crippen MR) is 80.8 cm³/mol. The topological polar surface area (TPSA) is 89.8 Å². The van der Waals surface area contributed by atoms with Crippen LogP contribution in [0.3, 0.4) is 0 Å². The Kier molecular flexibility index (Phi) is 11.5. The molecule has 5 nitrogen and oxygen atoms in total. The van der Waals surface area contributed by atoms with Crippen LogP contribution in [0, 0.1) is 0 Å². The van der Waals surface area contributed by atoms with E-state index in [1.165, 1.54) is 0 Å². The molecule has 0 rings (SSSR count). The van der Waals surface area contributed by atoms with E-state index in [0.717, 1.165) is 6.42 Å². The summed E-state index contributed by atoms with van der Waals surface area (Å²) in [6.45, 7) is 4.97. The average Bonchev–Trinajstić information content (AvgIpc) is 2.19. The first kappa shape index (κ1) is 26.9. The third kappa shape index (κ3) is 21.6. The quantitative estimate of drug-likeness (QED) is 0.275. The first-order valence-corrected chi connectivity index (χ1v) is 9.15. The molecule has 0 bridgehead atoms. The highest BCUT2D eigenvalue weighted by Crippen LogP contribution is 2.39. The molecule has 0 fully saturated rings. The number of unbranched alkanes of at least 4 members (excludes halogenated alkanes) is 2. The molecule has 0 aliphatic carbocycles. The summed E-state index contributed by atoms with van der Waals surface area (Å²) in [5, 5.41) is 2.53. The van der Waals surface area contributed by atoms with Crippen molar-refractivity contribution in [2.24, 2.45) is 0 Å². The van der Waals surface area contributed by atoms with Gasteiger partial charge in [-0.2, -0.15) is 26.3 Å². The third-order valence-electron chi connectivity index (χ3n) is 2.93. The molecule has 0 unspecified atom stereocenters. The maximum absolute atomic E-state index is 12.7. The van der Waals surface area contributed by atoms with Crippen molar-refractivity contribution in [3.8, 4) is 0 Å². The minimum absolute atomic E-state index is 0.127. The molecule has 0 saturated heterocycles. The van der Waals surface area contributed by atoms with Gasteiger partial charge in [0.05, 0.1) is 12.8 Å². The highest BCUT2D eigenvalue weighted by Gasteiger charge is 2.48. The number of hydrogen-bond acceptors (Lipinski definition) is 2. The summed E-state index contributed by atoms with van der Waals surface area (Å²) >= 11 is 0. The second-order valence-corrected chi connectivity index (χ2v) is 7.16. The van der Waals surface area contributed by atoms with Gasteiger partial charge in [-0.05, 0) is 6.42 Å². The molecular weight excluding hydrogens is 379 g/mol. The van der Waals surface area contributed by atoms with E-state index in [1.54, 1.807) is 13.8 Å². The van der Waals surface area contributed by atoms with Gasteiger partial charge in [0, 0.05) is 11.6 Å². The Morgan fingerprint density at radius 3 is 1.52 bits per heavy atom. The summed E-state index contributed by atoms with van der Waals surface area (Å²) in [5.41, 5.74) is -1.96. The zero-order valence-corrected chi connectivity index (χ0v) is 15.2. The number of alkyl halides is 6. The van der Waals surface area contributed by atoms with Gasteiger partial charge in [0.2, 0.25) is 0 Å². The van der Waals surface area contributed by atoms with Crippen LogP contribution in [0.5, 0.6) is 0 Å². The minimum atomic E-state index is -4.64. The molecule has 0 saturated carbocycles. The van der Waals surface area contributed by atoms with Crippen LogP contribution in [0.15, 0.2) is 0 Å². The summed E-state index contributed by atoms with van der Waals surface area (Å²) < 4.78 is 85.0. The minimum Gasteiger partial charge on any atom is -0.308 e. The molecule has 0 radical (unpaired) electrons. The Bertz CT molecular complexity index is 384. The zero-order chi connectivity index (χ0) is 20.5. The molecule has 0 aromatic rings. The van der Waals surface area contributed by atoms with E-state index < -0.39 is 44.6 Å². The Morgan fingerprint density at radius 2 is 1.28 bits per heavy atom. The van der Waals surface area contributed by atoms with E-state index in [9.17, 15) is 26.3 Å². The van der Waals surface area contributed by atoms with Crippen LogP contribution in [-0.2, 0) is 4.57 Å². The van der Waals surface area contributed by atoms with Crippen molar-refractivity contribution in [1.29, 1.82) is 0 Å². The number of rotatable bonds is 8. The molecule has 25 heavy (non-hydrogen) atoms. The fraction of sp³-hybridized carbons (Fsp3) is 1.00. The molecule has 0 aromatic heterocycles. The monoisotopic (exact) mass is 405 g/mol. The van der Waals surface area contributed by atoms with Crippen LogP contribution in [0.4, 0.5) is 26.3 Å². The van der Waals surface area contributed by atoms with E-state index in [0.29, 0.717) is 12.8 Å². The molecule has 4 N–H and O–H groups in total. The van der Waals surface area contributed by atoms with Crippen molar-refractivity contribution >= 4 is 7.82 Å². The van der Waals surface area contributed by atoms with Crippen molar-refractivity contribution < 1.29 is 45.6 Å². The fourth-order valence-corrected chi connectivity index (χ4v) is 2.51. The summed E-state index contributed by atoms with van der Waals surface area (Å²) in [7, 11) is -4.64. The average molecular weight is 405 g/mol. The van der Waals surface area contributed by atoms with Crippen LogP contribution >= 0.6 is 7.82 Å². The SMILES string of the molecule is CCCCCC(CC(F)(F)F)(CC(F)(F)F)NC(C)C.O=P(O)(O)O. The lowest BCUT2D eigenvalue weighted by molar-refractivity contribution is -0.184. The standard InChI is InChI=1S/C13H23F6N.H3O4P/c1-4-5-6-7-11(20-10(2)3,8-12(14,15)16)9-13(17,18)19;1-5(2,3)4/h10,20H,4-9H2,1-3H3;(H3,1,2,3,4). The number of nitrogens with one attached hydrogen (secondary N) is 1. The Hall–Kier alpha value is -0.350. The van der Waals surface area contributed by atoms with Crippen molar-refractivity contribution in [2.45, 2.75) is 83.2 Å². The summed E-state index contributed by atoms with van der Waals surface area (Å²) in [5.74, 6) is 0. The van der Waals surface area contributed by atoms with Gasteiger partial charge in [-0.1, -0.05) is 40.0 Å². The van der Waals surface area contributed by atoms with Crippen LogP contribution in [0.1, 0.15) is 59.3 Å². The Morgan fingerprint density at radius 1 is 0.920 bits per heavy atom. The lowest BCUT2D eigenvalue weighted by Gasteiger charge is -2.38. The van der Waals surface area contributed by atoms with E-state index in [4.69, 9.17) is 19.2 Å². The number of phosphoric acid groups is 1. The molecule has 0 spiro atoms. The lowest BCUT2D eigenvalue weighted by Crippen LogP contribution is -2.53. The maximum Gasteiger partial charge on any atom is 0.466 e. The van der Waals surface area contributed by atoms with Crippen LogP contribution in [-0.4, -0.2) is 38.6 Å². The van der Waals surface area contributed by atoms with Gasteiger partial charge in [0.1, 0.15) is 0 Å². The van der Waals surface area contributed by atoms with Crippen molar-refractivity contribution in [2.75, 3.05) is 0 Å². The highest BCUT2D eigenvalue weighted by atomic mass is 31.2. The largest absolute Gasteiger partial charge is 0.466 e.